The molecule has 0 aromatic heterocycles. The molecule has 0 radical (unpaired) electrons. The fraction of sp³-hybridized carbons (Fsp3) is 0.333. The molecule has 11 heteroatoms. The van der Waals surface area contributed by atoms with E-state index in [0.29, 0.717) is 24.1 Å². The van der Waals surface area contributed by atoms with Gasteiger partial charge in [0.2, 0.25) is 9.84 Å². The second-order valence-electron chi connectivity index (χ2n) is 9.65. The van der Waals surface area contributed by atoms with E-state index in [0.717, 1.165) is 44.5 Å². The van der Waals surface area contributed by atoms with Gasteiger partial charge in [0.05, 0.1) is 15.9 Å². The van der Waals surface area contributed by atoms with Crippen LogP contribution < -0.4 is 5.73 Å². The maximum Gasteiger partial charge on any atom is 0.294 e. The Bertz CT molecular complexity index is 1390. The number of nitro benzene ring substituents is 2. The molecule has 1 unspecified atom stereocenters. The Hall–Kier alpha value is -3.67. The molecule has 0 spiro atoms. The molecule has 1 fully saturated rings. The third kappa shape index (κ3) is 5.74. The number of hydrogen-bond acceptors (Lipinski definition) is 8. The number of rotatable bonds is 10. The van der Waals surface area contributed by atoms with Gasteiger partial charge >= 0.3 is 0 Å². The predicted octanol–water partition coefficient (Wildman–Crippen LogP) is 4.43. The number of sulfone groups is 1. The second-order valence-corrected chi connectivity index (χ2v) is 11.8. The first-order chi connectivity index (χ1) is 18.1. The Labute approximate surface area is 221 Å². The van der Waals surface area contributed by atoms with Crippen molar-refractivity contribution in [2.75, 3.05) is 19.6 Å². The van der Waals surface area contributed by atoms with Gasteiger partial charge in [0.15, 0.2) is 4.87 Å². The molecule has 4 rings (SSSR count). The van der Waals surface area contributed by atoms with Crippen LogP contribution in [-0.4, -0.2) is 42.8 Å². The summed E-state index contributed by atoms with van der Waals surface area (Å²) in [4.78, 5) is 20.7. The van der Waals surface area contributed by atoms with Crippen molar-refractivity contribution < 1.29 is 18.3 Å². The molecular formula is C27H30N4O6S. The van der Waals surface area contributed by atoms with Crippen LogP contribution in [0.5, 0.6) is 0 Å². The van der Waals surface area contributed by atoms with Crippen LogP contribution in [0.25, 0.3) is 0 Å². The summed E-state index contributed by atoms with van der Waals surface area (Å²) in [7, 11) is -4.54. The molecule has 1 saturated heterocycles. The molecule has 1 aliphatic rings. The molecule has 0 saturated carbocycles. The highest BCUT2D eigenvalue weighted by atomic mass is 32.2. The van der Waals surface area contributed by atoms with Gasteiger partial charge in [-0.25, -0.2) is 8.42 Å². The van der Waals surface area contributed by atoms with Gasteiger partial charge in [-0.3, -0.25) is 20.2 Å². The first-order valence-corrected chi connectivity index (χ1v) is 13.9. The van der Waals surface area contributed by atoms with Crippen molar-refractivity contribution in [2.45, 2.75) is 35.4 Å². The fourth-order valence-electron chi connectivity index (χ4n) is 5.03. The van der Waals surface area contributed by atoms with Crippen molar-refractivity contribution in [1.29, 1.82) is 0 Å². The Morgan fingerprint density at radius 2 is 1.50 bits per heavy atom. The summed E-state index contributed by atoms with van der Waals surface area (Å²) in [5, 5.41) is 22.9. The van der Waals surface area contributed by atoms with Gasteiger partial charge in [0, 0.05) is 12.6 Å². The van der Waals surface area contributed by atoms with Crippen LogP contribution in [0.3, 0.4) is 0 Å². The SMILES string of the molecule is NC(CCN1CCC(Cc2ccccc2)CC1)(c1ccccc1)S(=O)(=O)c1ccc([N+](=O)[O-])cc1[N+](=O)[O-]. The number of hydrogen-bond donors (Lipinski definition) is 1. The van der Waals surface area contributed by atoms with Crippen molar-refractivity contribution in [3.05, 3.63) is 110 Å². The zero-order chi connectivity index (χ0) is 27.3. The Morgan fingerprint density at radius 3 is 2.08 bits per heavy atom. The van der Waals surface area contributed by atoms with E-state index >= 15 is 0 Å². The maximum absolute atomic E-state index is 14.0. The monoisotopic (exact) mass is 538 g/mol. The zero-order valence-electron chi connectivity index (χ0n) is 20.8. The minimum atomic E-state index is -4.54. The second kappa shape index (κ2) is 11.4. The smallest absolute Gasteiger partial charge is 0.294 e. The van der Waals surface area contributed by atoms with E-state index < -0.39 is 40.8 Å². The fourth-order valence-corrected chi connectivity index (χ4v) is 6.88. The molecule has 2 N–H and O–H groups in total. The quantitative estimate of drug-likeness (QED) is 0.294. The van der Waals surface area contributed by atoms with E-state index in [-0.39, 0.29) is 6.42 Å². The summed E-state index contributed by atoms with van der Waals surface area (Å²) in [5.41, 5.74) is 6.83. The third-order valence-electron chi connectivity index (χ3n) is 7.26. The Morgan fingerprint density at radius 1 is 0.895 bits per heavy atom. The van der Waals surface area contributed by atoms with E-state index in [4.69, 9.17) is 5.73 Å². The number of benzene rings is 3. The number of nitro groups is 2. The van der Waals surface area contributed by atoms with Gasteiger partial charge < -0.3 is 10.6 Å². The van der Waals surface area contributed by atoms with Crippen LogP contribution in [0.1, 0.15) is 30.4 Å². The molecule has 0 amide bonds. The number of nitrogens with zero attached hydrogens (tertiary/aromatic N) is 3. The van der Waals surface area contributed by atoms with Crippen molar-refractivity contribution >= 4 is 21.2 Å². The van der Waals surface area contributed by atoms with E-state index in [9.17, 15) is 28.6 Å². The number of nitrogens with two attached hydrogens (primary N) is 1. The van der Waals surface area contributed by atoms with Gasteiger partial charge in [-0.15, -0.1) is 0 Å². The predicted molar refractivity (Wildman–Crippen MR) is 143 cm³/mol. The summed E-state index contributed by atoms with van der Waals surface area (Å²) in [6.45, 7) is 1.96. The highest BCUT2D eigenvalue weighted by Crippen LogP contribution is 2.39. The minimum absolute atomic E-state index is 0.00313. The lowest BCUT2D eigenvalue weighted by Gasteiger charge is -2.36. The average Bonchev–Trinajstić information content (AvgIpc) is 2.93. The largest absolute Gasteiger partial charge is 0.308 e. The van der Waals surface area contributed by atoms with E-state index in [1.165, 1.54) is 5.56 Å². The third-order valence-corrected chi connectivity index (χ3v) is 9.58. The van der Waals surface area contributed by atoms with Crippen molar-refractivity contribution in [1.82, 2.24) is 4.90 Å². The molecule has 38 heavy (non-hydrogen) atoms. The van der Waals surface area contributed by atoms with Crippen LogP contribution in [0, 0.1) is 26.1 Å². The number of likely N-dealkylation sites (tertiary alicyclic amines) is 1. The first-order valence-electron chi connectivity index (χ1n) is 12.4. The van der Waals surface area contributed by atoms with Crippen molar-refractivity contribution in [3.8, 4) is 0 Å². The highest BCUT2D eigenvalue weighted by Gasteiger charge is 2.46. The van der Waals surface area contributed by atoms with E-state index in [1.807, 2.05) is 18.2 Å². The molecule has 1 atom stereocenters. The molecule has 10 nitrogen and oxygen atoms in total. The summed E-state index contributed by atoms with van der Waals surface area (Å²) in [5.74, 6) is 0.539. The lowest BCUT2D eigenvalue weighted by molar-refractivity contribution is -0.396. The molecule has 0 aliphatic carbocycles. The normalized spacial score (nSPS) is 16.6. The van der Waals surface area contributed by atoms with Gasteiger partial charge in [0.1, 0.15) is 4.90 Å². The molecule has 1 aliphatic heterocycles. The lowest BCUT2D eigenvalue weighted by Crippen LogP contribution is -2.48. The minimum Gasteiger partial charge on any atom is -0.308 e. The zero-order valence-corrected chi connectivity index (χ0v) is 21.6. The van der Waals surface area contributed by atoms with Crippen LogP contribution >= 0.6 is 0 Å². The van der Waals surface area contributed by atoms with E-state index in [2.05, 4.69) is 17.0 Å². The van der Waals surface area contributed by atoms with Gasteiger partial charge in [-0.1, -0.05) is 60.7 Å². The summed E-state index contributed by atoms with van der Waals surface area (Å²) < 4.78 is 27.9. The summed E-state index contributed by atoms with van der Waals surface area (Å²) >= 11 is 0. The van der Waals surface area contributed by atoms with E-state index in [1.54, 1.807) is 30.3 Å². The van der Waals surface area contributed by atoms with Crippen molar-refractivity contribution in [2.24, 2.45) is 11.7 Å². The summed E-state index contributed by atoms with van der Waals surface area (Å²) in [6.07, 6.45) is 2.94. The summed E-state index contributed by atoms with van der Waals surface area (Å²) in [6, 6.07) is 21.0. The van der Waals surface area contributed by atoms with Gasteiger partial charge in [0.25, 0.3) is 11.4 Å². The van der Waals surface area contributed by atoms with Gasteiger partial charge in [-0.05, 0) is 61.9 Å². The number of non-ortho nitro benzene ring substituents is 1. The van der Waals surface area contributed by atoms with Crippen LogP contribution in [0.4, 0.5) is 11.4 Å². The number of piperidine rings is 1. The van der Waals surface area contributed by atoms with Crippen molar-refractivity contribution in [3.63, 3.8) is 0 Å². The molecule has 1 heterocycles. The lowest BCUT2D eigenvalue weighted by atomic mass is 9.90. The molecular weight excluding hydrogens is 508 g/mol. The topological polar surface area (TPSA) is 150 Å². The Kier molecular flexibility index (Phi) is 8.20. The first kappa shape index (κ1) is 27.4. The van der Waals surface area contributed by atoms with Crippen LogP contribution in [-0.2, 0) is 21.1 Å². The maximum atomic E-state index is 14.0. The Balaban J connectivity index is 1.57. The highest BCUT2D eigenvalue weighted by molar-refractivity contribution is 7.92. The molecule has 200 valence electrons. The molecule has 0 bridgehead atoms. The molecule has 3 aromatic rings. The average molecular weight is 539 g/mol. The van der Waals surface area contributed by atoms with Gasteiger partial charge in [-0.2, -0.15) is 0 Å². The van der Waals surface area contributed by atoms with Crippen LogP contribution in [0.2, 0.25) is 0 Å². The molecule has 3 aromatic carbocycles. The van der Waals surface area contributed by atoms with Crippen LogP contribution in [0.15, 0.2) is 83.8 Å². The standard InChI is InChI=1S/C27H30N4O6S/c28-27(23-9-5-2-6-10-23,38(36,37)26-12-11-24(30(32)33)20-25(26)31(34)35)15-18-29-16-13-22(14-17-29)19-21-7-3-1-4-8-21/h1-12,20,22H,13-19,28H2.